The van der Waals surface area contributed by atoms with Crippen LogP contribution in [0.5, 0.6) is 11.5 Å². The van der Waals surface area contributed by atoms with E-state index in [-0.39, 0.29) is 24.3 Å². The molecular weight excluding hydrogens is 404 g/mol. The van der Waals surface area contributed by atoms with Crippen molar-refractivity contribution in [1.29, 1.82) is 0 Å². The van der Waals surface area contributed by atoms with E-state index in [0.29, 0.717) is 6.54 Å². The zero-order valence-electron chi connectivity index (χ0n) is 19.3. The van der Waals surface area contributed by atoms with Crippen LogP contribution in [-0.4, -0.2) is 43.0 Å². The molecule has 32 heavy (non-hydrogen) atoms. The van der Waals surface area contributed by atoms with Gasteiger partial charge in [-0.1, -0.05) is 43.5 Å². The van der Waals surface area contributed by atoms with Gasteiger partial charge in [-0.25, -0.2) is 0 Å². The summed E-state index contributed by atoms with van der Waals surface area (Å²) < 4.78 is 10.4. The van der Waals surface area contributed by atoms with Crippen molar-refractivity contribution in [2.24, 2.45) is 0 Å². The first-order valence-electron chi connectivity index (χ1n) is 11.4. The van der Waals surface area contributed by atoms with Crippen molar-refractivity contribution < 1.29 is 19.1 Å². The molecule has 0 radical (unpaired) electrons. The number of carbonyl (C=O) groups excluding carboxylic acids is 2. The predicted molar refractivity (Wildman–Crippen MR) is 125 cm³/mol. The largest absolute Gasteiger partial charge is 0.497 e. The van der Waals surface area contributed by atoms with Crippen LogP contribution in [-0.2, 0) is 22.6 Å². The molecule has 1 atom stereocenters. The van der Waals surface area contributed by atoms with Crippen LogP contribution in [0.3, 0.4) is 0 Å². The van der Waals surface area contributed by atoms with Gasteiger partial charge in [-0.15, -0.1) is 0 Å². The maximum Gasteiger partial charge on any atom is 0.242 e. The summed E-state index contributed by atoms with van der Waals surface area (Å²) in [5.74, 6) is 1.33. The van der Waals surface area contributed by atoms with Gasteiger partial charge in [0.25, 0.3) is 0 Å². The van der Waals surface area contributed by atoms with Gasteiger partial charge in [-0.05, 0) is 55.2 Å². The van der Waals surface area contributed by atoms with Crippen molar-refractivity contribution in [2.75, 3.05) is 14.2 Å². The molecule has 1 aliphatic rings. The van der Waals surface area contributed by atoms with E-state index in [1.807, 2.05) is 55.5 Å². The zero-order chi connectivity index (χ0) is 22.9. The lowest BCUT2D eigenvalue weighted by Crippen LogP contribution is -2.50. The van der Waals surface area contributed by atoms with Crippen LogP contribution >= 0.6 is 0 Å². The van der Waals surface area contributed by atoms with Crippen LogP contribution in [0.1, 0.15) is 50.2 Å². The van der Waals surface area contributed by atoms with Gasteiger partial charge in [0.2, 0.25) is 11.8 Å². The van der Waals surface area contributed by atoms with Gasteiger partial charge < -0.3 is 19.7 Å². The maximum absolute atomic E-state index is 13.3. The van der Waals surface area contributed by atoms with Gasteiger partial charge in [0.15, 0.2) is 0 Å². The molecular formula is C26H34N2O4. The number of hydrogen-bond donors (Lipinski definition) is 1. The Hall–Kier alpha value is -3.02. The fourth-order valence-corrected chi connectivity index (χ4v) is 4.10. The summed E-state index contributed by atoms with van der Waals surface area (Å²) in [5, 5.41) is 3.17. The molecule has 2 aromatic rings. The molecule has 2 amide bonds. The number of hydrogen-bond acceptors (Lipinski definition) is 4. The van der Waals surface area contributed by atoms with E-state index in [1.165, 1.54) is 6.42 Å². The molecule has 0 bridgehead atoms. The number of ether oxygens (including phenoxy) is 2. The van der Waals surface area contributed by atoms with Crippen molar-refractivity contribution in [3.05, 3.63) is 59.7 Å². The molecule has 0 aromatic heterocycles. The van der Waals surface area contributed by atoms with Crippen molar-refractivity contribution in [3.63, 3.8) is 0 Å². The number of rotatable bonds is 9. The van der Waals surface area contributed by atoms with E-state index < -0.39 is 6.04 Å². The maximum atomic E-state index is 13.3. The summed E-state index contributed by atoms with van der Waals surface area (Å²) in [6.45, 7) is 2.17. The predicted octanol–water partition coefficient (Wildman–Crippen LogP) is 4.11. The molecule has 0 aliphatic heterocycles. The quantitative estimate of drug-likeness (QED) is 0.640. The number of nitrogens with one attached hydrogen (secondary N) is 1. The van der Waals surface area contributed by atoms with Gasteiger partial charge in [-0.2, -0.15) is 0 Å². The standard InChI is InChI=1S/C26H34N2O4/c1-19(26(30)27-22-7-5-4-6-8-22)28(18-21-11-15-24(32-3)16-12-21)25(29)17-20-9-13-23(31-2)14-10-20/h9-16,19,22H,4-8,17-18H2,1-3H3,(H,27,30)/t19-/m1/s1. The Morgan fingerprint density at radius 2 is 1.44 bits per heavy atom. The Morgan fingerprint density at radius 1 is 0.906 bits per heavy atom. The molecule has 1 fully saturated rings. The van der Waals surface area contributed by atoms with Crippen LogP contribution in [0.25, 0.3) is 0 Å². The Labute approximate surface area is 190 Å². The third kappa shape index (κ3) is 6.49. The summed E-state index contributed by atoms with van der Waals surface area (Å²) in [7, 11) is 3.24. The highest BCUT2D eigenvalue weighted by atomic mass is 16.5. The molecule has 6 heteroatoms. The number of carbonyl (C=O) groups is 2. The third-order valence-electron chi connectivity index (χ3n) is 6.15. The molecule has 0 spiro atoms. The van der Waals surface area contributed by atoms with E-state index in [4.69, 9.17) is 9.47 Å². The molecule has 1 saturated carbocycles. The summed E-state index contributed by atoms with van der Waals surface area (Å²) in [5.41, 5.74) is 1.83. The minimum atomic E-state index is -0.565. The summed E-state index contributed by atoms with van der Waals surface area (Å²) in [6.07, 6.45) is 5.76. The van der Waals surface area contributed by atoms with Crippen molar-refractivity contribution in [3.8, 4) is 11.5 Å². The second kappa shape index (κ2) is 11.6. The van der Waals surface area contributed by atoms with Crippen LogP contribution in [0.15, 0.2) is 48.5 Å². The lowest BCUT2D eigenvalue weighted by atomic mass is 9.95. The monoisotopic (exact) mass is 438 g/mol. The molecule has 0 unspecified atom stereocenters. The van der Waals surface area contributed by atoms with Gasteiger partial charge in [0, 0.05) is 12.6 Å². The van der Waals surface area contributed by atoms with E-state index in [2.05, 4.69) is 5.32 Å². The van der Waals surface area contributed by atoms with Crippen LogP contribution in [0, 0.1) is 0 Å². The Balaban J connectivity index is 1.74. The highest BCUT2D eigenvalue weighted by molar-refractivity contribution is 5.88. The number of methoxy groups -OCH3 is 2. The van der Waals surface area contributed by atoms with Gasteiger partial charge >= 0.3 is 0 Å². The average molecular weight is 439 g/mol. The highest BCUT2D eigenvalue weighted by Crippen LogP contribution is 2.20. The lowest BCUT2D eigenvalue weighted by molar-refractivity contribution is -0.140. The first-order valence-corrected chi connectivity index (χ1v) is 11.4. The van der Waals surface area contributed by atoms with Gasteiger partial charge in [-0.3, -0.25) is 9.59 Å². The van der Waals surface area contributed by atoms with E-state index in [1.54, 1.807) is 19.1 Å². The van der Waals surface area contributed by atoms with Crippen molar-refractivity contribution >= 4 is 11.8 Å². The second-order valence-electron chi connectivity index (χ2n) is 8.41. The van der Waals surface area contributed by atoms with E-state index in [0.717, 1.165) is 48.3 Å². The van der Waals surface area contributed by atoms with Gasteiger partial charge in [0.05, 0.1) is 20.6 Å². The molecule has 2 aromatic carbocycles. The number of benzene rings is 2. The summed E-state index contributed by atoms with van der Waals surface area (Å²) >= 11 is 0. The Bertz CT molecular complexity index is 874. The molecule has 3 rings (SSSR count). The average Bonchev–Trinajstić information content (AvgIpc) is 2.83. The summed E-state index contributed by atoms with van der Waals surface area (Å²) in [6, 6.07) is 14.7. The van der Waals surface area contributed by atoms with E-state index >= 15 is 0 Å². The zero-order valence-corrected chi connectivity index (χ0v) is 19.3. The first kappa shape index (κ1) is 23.6. The topological polar surface area (TPSA) is 67.9 Å². The smallest absolute Gasteiger partial charge is 0.242 e. The fraction of sp³-hybridized carbons (Fsp3) is 0.462. The Kier molecular flexibility index (Phi) is 8.54. The lowest BCUT2D eigenvalue weighted by Gasteiger charge is -2.31. The molecule has 1 N–H and O–H groups in total. The normalized spacial score (nSPS) is 15.0. The minimum Gasteiger partial charge on any atom is -0.497 e. The van der Waals surface area contributed by atoms with Crippen LogP contribution in [0.2, 0.25) is 0 Å². The molecule has 0 heterocycles. The Morgan fingerprint density at radius 3 is 1.97 bits per heavy atom. The molecule has 1 aliphatic carbocycles. The molecule has 6 nitrogen and oxygen atoms in total. The highest BCUT2D eigenvalue weighted by Gasteiger charge is 2.28. The molecule has 172 valence electrons. The van der Waals surface area contributed by atoms with Crippen LogP contribution < -0.4 is 14.8 Å². The molecule has 0 saturated heterocycles. The summed E-state index contributed by atoms with van der Waals surface area (Å²) in [4.78, 5) is 28.0. The number of nitrogens with zero attached hydrogens (tertiary/aromatic N) is 1. The third-order valence-corrected chi connectivity index (χ3v) is 6.15. The van der Waals surface area contributed by atoms with Crippen molar-refractivity contribution in [2.45, 2.75) is 64.1 Å². The van der Waals surface area contributed by atoms with E-state index in [9.17, 15) is 9.59 Å². The van der Waals surface area contributed by atoms with Gasteiger partial charge in [0.1, 0.15) is 17.5 Å². The fourth-order valence-electron chi connectivity index (χ4n) is 4.10. The van der Waals surface area contributed by atoms with Crippen molar-refractivity contribution in [1.82, 2.24) is 10.2 Å². The van der Waals surface area contributed by atoms with Crippen LogP contribution in [0.4, 0.5) is 0 Å². The first-order chi connectivity index (χ1) is 15.5. The minimum absolute atomic E-state index is 0.0859. The SMILES string of the molecule is COc1ccc(CC(=O)N(Cc2ccc(OC)cc2)[C@H](C)C(=O)NC2CCCCC2)cc1. The second-order valence-corrected chi connectivity index (χ2v) is 8.41. The number of amides is 2.